The van der Waals surface area contributed by atoms with Crippen LogP contribution in [0.1, 0.15) is 87.2 Å². The van der Waals surface area contributed by atoms with Crippen LogP contribution < -0.4 is 9.80 Å². The van der Waals surface area contributed by atoms with Crippen LogP contribution in [-0.4, -0.2) is 34.8 Å². The molecule has 0 amide bonds. The molecule has 0 unspecified atom stereocenters. The van der Waals surface area contributed by atoms with E-state index in [2.05, 4.69) is 18.7 Å². The summed E-state index contributed by atoms with van der Waals surface area (Å²) >= 11 is 0. The van der Waals surface area contributed by atoms with Crippen molar-refractivity contribution in [2.75, 3.05) is 22.9 Å². The molecule has 4 aromatic rings. The highest BCUT2D eigenvalue weighted by Crippen LogP contribution is 2.45. The van der Waals surface area contributed by atoms with Gasteiger partial charge in [-0.1, -0.05) is 56.3 Å². The zero-order chi connectivity index (χ0) is 37.3. The van der Waals surface area contributed by atoms with Gasteiger partial charge in [-0.25, -0.2) is 9.18 Å². The molecular formula is C41H47F4N3O3. The van der Waals surface area contributed by atoms with Gasteiger partial charge in [-0.3, -0.25) is 4.98 Å². The molecule has 1 N–H and O–H groups in total. The number of carboxylic acids is 1. The summed E-state index contributed by atoms with van der Waals surface area (Å²) in [6.45, 7) is 15.8. The Morgan fingerprint density at radius 2 is 1.49 bits per heavy atom. The number of benzene rings is 3. The zero-order valence-electron chi connectivity index (χ0n) is 30.4. The Labute approximate surface area is 298 Å². The molecule has 3 aromatic carbocycles. The second-order valence-corrected chi connectivity index (χ2v) is 15.2. The van der Waals surface area contributed by atoms with E-state index < -0.39 is 35.2 Å². The van der Waals surface area contributed by atoms with E-state index in [9.17, 15) is 27.5 Å². The van der Waals surface area contributed by atoms with Gasteiger partial charge in [0.15, 0.2) is 6.10 Å². The maximum atomic E-state index is 13.7. The number of hydrogen-bond donors (Lipinski definition) is 1. The lowest BCUT2D eigenvalue weighted by Gasteiger charge is -2.41. The van der Waals surface area contributed by atoms with Gasteiger partial charge in [-0.05, 0) is 99.9 Å². The SMILES string of the molecule is Cc1nc(C)c([C@H](OC(C)(C)C)C(=O)O)c(N2CCC(C)(C)CC2)c1-c1ccc(CN(Cc2ccc(F)cc2)c2cccc(C(F)(F)F)c2)cc1. The molecule has 0 saturated carbocycles. The Morgan fingerprint density at radius 1 is 0.922 bits per heavy atom. The van der Waals surface area contributed by atoms with Gasteiger partial charge >= 0.3 is 12.1 Å². The summed E-state index contributed by atoms with van der Waals surface area (Å²) < 4.78 is 61.0. The van der Waals surface area contributed by atoms with E-state index in [1.54, 1.807) is 18.2 Å². The standard InChI is InChI=1S/C41H47F4N3O3/c1-26-34(36(47-21-19-40(6,7)20-22-47)35(27(2)46-26)37(38(49)50)51-39(3,4)5)30-15-11-28(12-16-30)24-48(25-29-13-17-32(42)18-14-29)33-10-8-9-31(23-33)41(43,44)45/h8-18,23,37H,19-22,24-25H2,1-7H3,(H,49,50)/t37-/m0/s1. The summed E-state index contributed by atoms with van der Waals surface area (Å²) in [5.41, 5.74) is 5.02. The number of hydrogen-bond acceptors (Lipinski definition) is 5. The average Bonchev–Trinajstić information content (AvgIpc) is 3.04. The van der Waals surface area contributed by atoms with Gasteiger partial charge in [0.25, 0.3) is 0 Å². The van der Waals surface area contributed by atoms with Crippen LogP contribution in [0.25, 0.3) is 11.1 Å². The fraction of sp³-hybridized carbons (Fsp3) is 0.415. The first-order chi connectivity index (χ1) is 23.8. The Hall–Kier alpha value is -4.44. The molecule has 5 rings (SSSR count). The number of piperidine rings is 1. The molecule has 0 radical (unpaired) electrons. The van der Waals surface area contributed by atoms with Crippen molar-refractivity contribution in [1.29, 1.82) is 0 Å². The number of alkyl halides is 3. The molecule has 6 nitrogen and oxygen atoms in total. The van der Waals surface area contributed by atoms with Crippen LogP contribution in [0.15, 0.2) is 72.8 Å². The number of nitrogens with zero attached hydrogens (tertiary/aromatic N) is 3. The van der Waals surface area contributed by atoms with Crippen LogP contribution in [0.5, 0.6) is 0 Å². The predicted octanol–water partition coefficient (Wildman–Crippen LogP) is 10.3. The first-order valence-corrected chi connectivity index (χ1v) is 17.2. The topological polar surface area (TPSA) is 65.9 Å². The first kappa shape index (κ1) is 37.8. The van der Waals surface area contributed by atoms with E-state index in [4.69, 9.17) is 9.72 Å². The van der Waals surface area contributed by atoms with Gasteiger partial charge in [-0.15, -0.1) is 0 Å². The summed E-state index contributed by atoms with van der Waals surface area (Å²) in [7, 11) is 0. The molecule has 0 spiro atoms. The van der Waals surface area contributed by atoms with E-state index in [0.29, 0.717) is 16.9 Å². The van der Waals surface area contributed by atoms with Gasteiger partial charge in [0.05, 0.1) is 16.9 Å². The highest BCUT2D eigenvalue weighted by Gasteiger charge is 2.36. The number of rotatable bonds is 10. The van der Waals surface area contributed by atoms with Crippen LogP contribution in [0.3, 0.4) is 0 Å². The fourth-order valence-electron chi connectivity index (χ4n) is 6.68. The predicted molar refractivity (Wildman–Crippen MR) is 193 cm³/mol. The van der Waals surface area contributed by atoms with Crippen molar-refractivity contribution in [3.05, 3.63) is 112 Å². The van der Waals surface area contributed by atoms with E-state index in [1.165, 1.54) is 18.2 Å². The molecule has 1 saturated heterocycles. The Bertz CT molecular complexity index is 1840. The van der Waals surface area contributed by atoms with Crippen molar-refractivity contribution in [1.82, 2.24) is 4.98 Å². The quantitative estimate of drug-likeness (QED) is 0.166. The molecule has 10 heteroatoms. The van der Waals surface area contributed by atoms with Crippen molar-refractivity contribution in [3.63, 3.8) is 0 Å². The molecular weight excluding hydrogens is 658 g/mol. The molecule has 51 heavy (non-hydrogen) atoms. The van der Waals surface area contributed by atoms with Gasteiger partial charge in [0, 0.05) is 54.4 Å². The second kappa shape index (κ2) is 14.7. The van der Waals surface area contributed by atoms with E-state index >= 15 is 0 Å². The largest absolute Gasteiger partial charge is 0.479 e. The van der Waals surface area contributed by atoms with Crippen molar-refractivity contribution in [2.45, 2.75) is 92.3 Å². The summed E-state index contributed by atoms with van der Waals surface area (Å²) in [5, 5.41) is 10.5. The lowest BCUT2D eigenvalue weighted by Crippen LogP contribution is -2.39. The van der Waals surface area contributed by atoms with Crippen LogP contribution in [-0.2, 0) is 28.8 Å². The van der Waals surface area contributed by atoms with Crippen molar-refractivity contribution in [2.24, 2.45) is 5.41 Å². The number of halogens is 4. The lowest BCUT2D eigenvalue weighted by molar-refractivity contribution is -0.160. The second-order valence-electron chi connectivity index (χ2n) is 15.2. The number of carboxylic acid groups (broad SMARTS) is 1. The van der Waals surface area contributed by atoms with Crippen molar-refractivity contribution in [3.8, 4) is 11.1 Å². The number of carbonyl (C=O) groups is 1. The van der Waals surface area contributed by atoms with Gasteiger partial charge < -0.3 is 19.6 Å². The smallest absolute Gasteiger partial charge is 0.416 e. The number of aliphatic carboxylic acids is 1. The number of anilines is 2. The fourth-order valence-corrected chi connectivity index (χ4v) is 6.68. The first-order valence-electron chi connectivity index (χ1n) is 17.2. The summed E-state index contributed by atoms with van der Waals surface area (Å²) in [6.07, 6.45) is -3.88. The summed E-state index contributed by atoms with van der Waals surface area (Å²) in [5.74, 6) is -1.48. The highest BCUT2D eigenvalue weighted by molar-refractivity contribution is 5.88. The maximum absolute atomic E-state index is 13.7. The van der Waals surface area contributed by atoms with E-state index in [-0.39, 0.29) is 18.5 Å². The van der Waals surface area contributed by atoms with Crippen LogP contribution >= 0.6 is 0 Å². The van der Waals surface area contributed by atoms with Gasteiger partial charge in [-0.2, -0.15) is 13.2 Å². The molecule has 0 aliphatic carbocycles. The molecule has 272 valence electrons. The lowest BCUT2D eigenvalue weighted by atomic mass is 9.81. The normalized spacial score (nSPS) is 15.5. The summed E-state index contributed by atoms with van der Waals surface area (Å²) in [4.78, 5) is 21.8. The summed E-state index contributed by atoms with van der Waals surface area (Å²) in [6, 6.07) is 18.9. The number of pyridine rings is 1. The van der Waals surface area contributed by atoms with Crippen molar-refractivity contribution >= 4 is 17.3 Å². The van der Waals surface area contributed by atoms with E-state index in [0.717, 1.165) is 71.7 Å². The molecule has 1 aliphatic rings. The minimum atomic E-state index is -4.50. The maximum Gasteiger partial charge on any atom is 0.416 e. The monoisotopic (exact) mass is 705 g/mol. The third-order valence-corrected chi connectivity index (χ3v) is 9.41. The molecule has 2 heterocycles. The number of ether oxygens (including phenoxy) is 1. The van der Waals surface area contributed by atoms with Gasteiger partial charge in [0.2, 0.25) is 0 Å². The Balaban J connectivity index is 1.57. The molecule has 0 bridgehead atoms. The van der Waals surface area contributed by atoms with Crippen LogP contribution in [0.4, 0.5) is 28.9 Å². The van der Waals surface area contributed by atoms with Crippen LogP contribution in [0, 0.1) is 25.1 Å². The average molecular weight is 706 g/mol. The van der Waals surface area contributed by atoms with Gasteiger partial charge in [0.1, 0.15) is 5.82 Å². The molecule has 1 aliphatic heterocycles. The highest BCUT2D eigenvalue weighted by atomic mass is 19.4. The Morgan fingerprint density at radius 3 is 2.02 bits per heavy atom. The minimum Gasteiger partial charge on any atom is -0.479 e. The van der Waals surface area contributed by atoms with E-state index in [1.807, 2.05) is 63.8 Å². The number of aromatic nitrogens is 1. The van der Waals surface area contributed by atoms with Crippen molar-refractivity contribution < 1.29 is 32.2 Å². The zero-order valence-corrected chi connectivity index (χ0v) is 30.4. The van der Waals surface area contributed by atoms with Crippen LogP contribution in [0.2, 0.25) is 0 Å². The molecule has 1 aromatic heterocycles. The molecule has 1 fully saturated rings. The third kappa shape index (κ3) is 9.27. The Kier molecular flexibility index (Phi) is 10.9. The molecule has 1 atom stereocenters. The third-order valence-electron chi connectivity index (χ3n) is 9.41. The minimum absolute atomic E-state index is 0.156. The number of aryl methyl sites for hydroxylation is 2.